The van der Waals surface area contributed by atoms with Gasteiger partial charge in [0.25, 0.3) is 0 Å². The van der Waals surface area contributed by atoms with Gasteiger partial charge in [0.15, 0.2) is 0 Å². The summed E-state index contributed by atoms with van der Waals surface area (Å²) in [6.45, 7) is 0. The third kappa shape index (κ3) is 1.28. The van der Waals surface area contributed by atoms with Crippen LogP contribution < -0.4 is 4.90 Å². The van der Waals surface area contributed by atoms with Gasteiger partial charge in [0.2, 0.25) is 5.69 Å². The second-order valence-corrected chi connectivity index (χ2v) is 5.71. The van der Waals surface area contributed by atoms with Crippen molar-refractivity contribution in [3.05, 3.63) is 44.4 Å². The second kappa shape index (κ2) is 3.68. The van der Waals surface area contributed by atoms with Gasteiger partial charge in [-0.15, -0.1) is 0 Å². The van der Waals surface area contributed by atoms with Crippen LogP contribution in [0.15, 0.2) is 22.4 Å². The van der Waals surface area contributed by atoms with E-state index in [0.717, 1.165) is 0 Å². The summed E-state index contributed by atoms with van der Waals surface area (Å²) in [6, 6.07) is 0. The first-order valence-electron chi connectivity index (χ1n) is 6.49. The fraction of sp³-hybridized carbons (Fsp3) is 0.500. The Morgan fingerprint density at radius 3 is 2.82 bits per heavy atom. The summed E-state index contributed by atoms with van der Waals surface area (Å²) in [5.41, 5.74) is -4.02. The molecule has 3 aliphatic carbocycles. The van der Waals surface area contributed by atoms with Crippen LogP contribution in [0.1, 0.15) is 17.8 Å². The van der Waals surface area contributed by atoms with Crippen LogP contribution >= 0.6 is 0 Å². The number of allylic oxidation sites excluding steroid dienone is 1. The zero-order chi connectivity index (χ0) is 15.9. The summed E-state index contributed by atoms with van der Waals surface area (Å²) in [7, 11) is 0. The van der Waals surface area contributed by atoms with E-state index in [1.165, 1.54) is 6.08 Å². The molecule has 0 spiro atoms. The summed E-state index contributed by atoms with van der Waals surface area (Å²) in [5, 5.41) is 26.7. The monoisotopic (exact) mass is 315 g/mol. The third-order valence-corrected chi connectivity index (χ3v) is 4.87. The van der Waals surface area contributed by atoms with Crippen molar-refractivity contribution in [1.29, 1.82) is 0 Å². The molecule has 2 bridgehead atoms. The molecule has 116 valence electrons. The lowest BCUT2D eigenvalue weighted by atomic mass is 9.67. The Morgan fingerprint density at radius 1 is 1.45 bits per heavy atom. The second-order valence-electron chi connectivity index (χ2n) is 5.71. The maximum atomic E-state index is 13.4. The van der Waals surface area contributed by atoms with E-state index in [1.54, 1.807) is 6.08 Å². The molecule has 0 aromatic carbocycles. The predicted molar refractivity (Wildman–Crippen MR) is 62.4 cm³/mol. The Balaban J connectivity index is 2.08. The average molecular weight is 315 g/mol. The van der Waals surface area contributed by atoms with Crippen molar-refractivity contribution in [2.75, 3.05) is 0 Å². The smallest absolute Gasteiger partial charge is 0.359 e. The maximum Gasteiger partial charge on any atom is 0.413 e. The Hall–Kier alpha value is -2.39. The van der Waals surface area contributed by atoms with Gasteiger partial charge in [-0.2, -0.15) is 13.2 Å². The van der Waals surface area contributed by atoms with Crippen LogP contribution in [0.25, 0.3) is 6.08 Å². The molecule has 0 aliphatic heterocycles. The molecule has 1 heterocycles. The molecule has 22 heavy (non-hydrogen) atoms. The summed E-state index contributed by atoms with van der Waals surface area (Å²) < 4.78 is 44.5. The minimum atomic E-state index is -4.77. The van der Waals surface area contributed by atoms with E-state index < -0.39 is 45.7 Å². The van der Waals surface area contributed by atoms with E-state index in [4.69, 9.17) is 0 Å². The summed E-state index contributed by atoms with van der Waals surface area (Å²) in [5.74, 6) is -2.74. The van der Waals surface area contributed by atoms with E-state index in [9.17, 15) is 28.5 Å². The van der Waals surface area contributed by atoms with Crippen LogP contribution in [0.4, 0.5) is 13.2 Å². The van der Waals surface area contributed by atoms with Gasteiger partial charge < -0.3 is 5.21 Å². The largest absolute Gasteiger partial charge is 0.413 e. The number of rotatable bonds is 1. The minimum absolute atomic E-state index is 0.210. The molecule has 1 aromatic rings. The number of hydrogen-bond acceptors (Lipinski definition) is 5. The molecule has 4 rings (SSSR count). The summed E-state index contributed by atoms with van der Waals surface area (Å²) in [4.78, 5) is 10.8. The SMILES string of the molecule is O=[N+]([O-])[C@@]12c3no[n+]([O-])c3C=C(C(F)(F)F)[C@@H]1[C@H]1C=C[C@@H]2C1. The first kappa shape index (κ1) is 13.3. The fourth-order valence-electron chi connectivity index (χ4n) is 4.13. The van der Waals surface area contributed by atoms with Crippen molar-refractivity contribution < 1.29 is 27.6 Å². The Labute approximate surface area is 120 Å². The average Bonchev–Trinajstić information content (AvgIpc) is 3.10. The maximum absolute atomic E-state index is 13.4. The topological polar surface area (TPSA) is 96.1 Å². The molecule has 1 fully saturated rings. The molecule has 10 heteroatoms. The number of alkyl halides is 3. The van der Waals surface area contributed by atoms with Gasteiger partial charge in [-0.1, -0.05) is 12.2 Å². The lowest BCUT2D eigenvalue weighted by Crippen LogP contribution is -2.51. The van der Waals surface area contributed by atoms with Crippen LogP contribution in [0.5, 0.6) is 0 Å². The lowest BCUT2D eigenvalue weighted by molar-refractivity contribution is -0.803. The van der Waals surface area contributed by atoms with Crippen LogP contribution in [-0.4, -0.2) is 16.3 Å². The molecule has 0 radical (unpaired) electrons. The Bertz CT molecular complexity index is 753. The minimum Gasteiger partial charge on any atom is -0.359 e. The number of aromatic nitrogens is 2. The van der Waals surface area contributed by atoms with Gasteiger partial charge in [-0.3, -0.25) is 14.7 Å². The molecule has 0 unspecified atom stereocenters. The summed E-state index contributed by atoms with van der Waals surface area (Å²) >= 11 is 0. The standard InChI is InChI=1S/C12H8F3N3O4/c13-12(14,15)7-4-8-10(16-22-17(8)19)11(18(20)21)6-2-1-5(3-6)9(7)11/h1-2,4-6,9H,3H2/t5-,6+,9-,11+/m0/s1. The molecular formula is C12H8F3N3O4. The van der Waals surface area contributed by atoms with Crippen LogP contribution in [-0.2, 0) is 5.54 Å². The van der Waals surface area contributed by atoms with E-state index in [2.05, 4.69) is 9.79 Å². The van der Waals surface area contributed by atoms with Gasteiger partial charge in [-0.25, -0.2) is 0 Å². The van der Waals surface area contributed by atoms with Crippen LogP contribution in [0.2, 0.25) is 0 Å². The quantitative estimate of drug-likeness (QED) is 0.339. The normalized spacial score (nSPS) is 35.2. The van der Waals surface area contributed by atoms with Crippen molar-refractivity contribution in [2.45, 2.75) is 18.1 Å². The Kier molecular flexibility index (Phi) is 2.22. The molecule has 0 saturated heterocycles. The van der Waals surface area contributed by atoms with Crippen LogP contribution in [0, 0.1) is 33.1 Å². The van der Waals surface area contributed by atoms with E-state index >= 15 is 0 Å². The zero-order valence-electron chi connectivity index (χ0n) is 10.8. The van der Waals surface area contributed by atoms with Crippen molar-refractivity contribution in [3.63, 3.8) is 0 Å². The summed E-state index contributed by atoms with van der Waals surface area (Å²) in [6.07, 6.45) is -0.805. The molecule has 1 aromatic heterocycles. The number of nitro groups is 1. The predicted octanol–water partition coefficient (Wildman–Crippen LogP) is 1.56. The molecule has 0 N–H and O–H groups in total. The zero-order valence-corrected chi connectivity index (χ0v) is 10.8. The van der Waals surface area contributed by atoms with Gasteiger partial charge in [0.05, 0.1) is 11.8 Å². The highest BCUT2D eigenvalue weighted by Crippen LogP contribution is 2.63. The fourth-order valence-corrected chi connectivity index (χ4v) is 4.13. The first-order valence-corrected chi connectivity index (χ1v) is 6.49. The first-order chi connectivity index (χ1) is 10.3. The van der Waals surface area contributed by atoms with Crippen molar-refractivity contribution in [1.82, 2.24) is 5.16 Å². The molecule has 3 aliphatic rings. The van der Waals surface area contributed by atoms with Crippen molar-refractivity contribution in [3.8, 4) is 0 Å². The molecule has 0 amide bonds. The van der Waals surface area contributed by atoms with Crippen molar-refractivity contribution >= 4 is 6.08 Å². The van der Waals surface area contributed by atoms with Gasteiger partial charge >= 0.3 is 17.4 Å². The highest BCUT2D eigenvalue weighted by atomic mass is 19.4. The molecule has 1 saturated carbocycles. The van der Waals surface area contributed by atoms with Crippen LogP contribution in [0.3, 0.4) is 0 Å². The molecular weight excluding hydrogens is 307 g/mol. The van der Waals surface area contributed by atoms with Gasteiger partial charge in [-0.05, 0) is 17.2 Å². The van der Waals surface area contributed by atoms with E-state index in [1.807, 2.05) is 0 Å². The Morgan fingerprint density at radius 2 is 2.18 bits per heavy atom. The lowest BCUT2D eigenvalue weighted by Gasteiger charge is -2.35. The number of nitrogens with zero attached hydrogens (tertiary/aromatic N) is 3. The van der Waals surface area contributed by atoms with E-state index in [0.29, 0.717) is 6.08 Å². The highest BCUT2D eigenvalue weighted by molar-refractivity contribution is 5.59. The molecule has 7 nitrogen and oxygen atoms in total. The van der Waals surface area contributed by atoms with Crippen molar-refractivity contribution in [2.24, 2.45) is 17.8 Å². The number of fused-ring (bicyclic) bond motifs is 7. The van der Waals surface area contributed by atoms with E-state index in [-0.39, 0.29) is 17.0 Å². The third-order valence-electron chi connectivity index (χ3n) is 4.87. The highest BCUT2D eigenvalue weighted by Gasteiger charge is 2.75. The molecule has 4 atom stereocenters. The number of hydrogen-bond donors (Lipinski definition) is 0. The van der Waals surface area contributed by atoms with Gasteiger partial charge in [0.1, 0.15) is 0 Å². The van der Waals surface area contributed by atoms with Gasteiger partial charge in [0, 0.05) is 21.7 Å². The number of halogens is 3.